The van der Waals surface area contributed by atoms with Gasteiger partial charge in [0.2, 0.25) is 5.91 Å². The number of hydrogen-bond acceptors (Lipinski definition) is 3. The van der Waals surface area contributed by atoms with Gasteiger partial charge in [-0.05, 0) is 30.2 Å². The van der Waals surface area contributed by atoms with Gasteiger partial charge in [0, 0.05) is 24.6 Å². The highest BCUT2D eigenvalue weighted by Gasteiger charge is 2.28. The third-order valence-electron chi connectivity index (χ3n) is 3.69. The summed E-state index contributed by atoms with van der Waals surface area (Å²) in [7, 11) is 0. The first-order chi connectivity index (χ1) is 9.75. The zero-order valence-corrected chi connectivity index (χ0v) is 11.3. The van der Waals surface area contributed by atoms with Crippen LogP contribution in [0.3, 0.4) is 0 Å². The molecule has 0 spiro atoms. The van der Waals surface area contributed by atoms with Crippen LogP contribution in [0.2, 0.25) is 0 Å². The maximum Gasteiger partial charge on any atom is 0.229 e. The average molecular weight is 267 g/mol. The second kappa shape index (κ2) is 5.33. The summed E-state index contributed by atoms with van der Waals surface area (Å²) in [4.78, 5) is 16.5. The number of amides is 1. The van der Waals surface area contributed by atoms with Crippen LogP contribution >= 0.6 is 0 Å². The first-order valence-corrected chi connectivity index (χ1v) is 6.79. The van der Waals surface area contributed by atoms with E-state index in [-0.39, 0.29) is 17.9 Å². The van der Waals surface area contributed by atoms with E-state index in [0.717, 1.165) is 16.8 Å². The Labute approximate surface area is 118 Å². The lowest BCUT2D eigenvalue weighted by Crippen LogP contribution is -2.32. The van der Waals surface area contributed by atoms with Crippen LogP contribution in [-0.4, -0.2) is 17.4 Å². The van der Waals surface area contributed by atoms with Gasteiger partial charge in [-0.25, -0.2) is 0 Å². The van der Waals surface area contributed by atoms with Crippen molar-refractivity contribution in [2.45, 2.75) is 18.9 Å². The van der Waals surface area contributed by atoms with E-state index in [2.05, 4.69) is 15.6 Å². The maximum atomic E-state index is 12.4. The highest BCUT2D eigenvalue weighted by Crippen LogP contribution is 2.31. The number of pyridine rings is 1. The van der Waals surface area contributed by atoms with Crippen molar-refractivity contribution < 1.29 is 4.79 Å². The lowest BCUT2D eigenvalue weighted by molar-refractivity contribution is -0.122. The molecule has 2 N–H and O–H groups in total. The van der Waals surface area contributed by atoms with Gasteiger partial charge >= 0.3 is 0 Å². The van der Waals surface area contributed by atoms with Crippen LogP contribution in [0.4, 0.5) is 5.69 Å². The lowest BCUT2D eigenvalue weighted by Gasteiger charge is -2.17. The van der Waals surface area contributed by atoms with Gasteiger partial charge in [-0.1, -0.05) is 24.3 Å². The number of carbonyl (C=O) groups is 1. The first-order valence-electron chi connectivity index (χ1n) is 6.79. The van der Waals surface area contributed by atoms with Crippen molar-refractivity contribution in [3.05, 3.63) is 59.9 Å². The Balaban J connectivity index is 1.72. The number of anilines is 1. The molecule has 3 rings (SSSR count). The van der Waals surface area contributed by atoms with Gasteiger partial charge < -0.3 is 10.6 Å². The summed E-state index contributed by atoms with van der Waals surface area (Å²) in [5.41, 5.74) is 3.14. The number of fused-ring (bicyclic) bond motifs is 1. The monoisotopic (exact) mass is 267 g/mol. The van der Waals surface area contributed by atoms with Crippen molar-refractivity contribution in [3.63, 3.8) is 0 Å². The fourth-order valence-electron chi connectivity index (χ4n) is 2.55. The van der Waals surface area contributed by atoms with Gasteiger partial charge in [0.25, 0.3) is 0 Å². The van der Waals surface area contributed by atoms with Crippen LogP contribution in [0, 0.1) is 0 Å². The molecule has 2 aromatic rings. The highest BCUT2D eigenvalue weighted by molar-refractivity contribution is 5.88. The number of aromatic nitrogens is 1. The van der Waals surface area contributed by atoms with Crippen LogP contribution in [0.1, 0.15) is 30.0 Å². The number of benzene rings is 1. The number of nitrogens with zero attached hydrogens (tertiary/aromatic N) is 1. The molecule has 1 aromatic carbocycles. The molecule has 1 unspecified atom stereocenters. The van der Waals surface area contributed by atoms with Crippen molar-refractivity contribution in [1.29, 1.82) is 0 Å². The Kier molecular flexibility index (Phi) is 3.37. The maximum absolute atomic E-state index is 12.4. The van der Waals surface area contributed by atoms with E-state index in [0.29, 0.717) is 6.54 Å². The van der Waals surface area contributed by atoms with E-state index in [4.69, 9.17) is 0 Å². The van der Waals surface area contributed by atoms with Crippen molar-refractivity contribution in [1.82, 2.24) is 10.3 Å². The van der Waals surface area contributed by atoms with Crippen molar-refractivity contribution in [2.75, 3.05) is 11.9 Å². The molecular weight excluding hydrogens is 250 g/mol. The molecule has 0 fully saturated rings. The van der Waals surface area contributed by atoms with E-state index in [9.17, 15) is 4.79 Å². The molecule has 0 aliphatic carbocycles. The summed E-state index contributed by atoms with van der Waals surface area (Å²) in [6, 6.07) is 11.8. The highest BCUT2D eigenvalue weighted by atomic mass is 16.2. The van der Waals surface area contributed by atoms with Crippen LogP contribution in [0.5, 0.6) is 0 Å². The molecule has 4 heteroatoms. The second-order valence-corrected chi connectivity index (χ2v) is 5.04. The Morgan fingerprint density at radius 2 is 2.20 bits per heavy atom. The Hall–Kier alpha value is -2.36. The van der Waals surface area contributed by atoms with Crippen LogP contribution in [0.15, 0.2) is 48.8 Å². The van der Waals surface area contributed by atoms with Crippen molar-refractivity contribution >= 4 is 11.6 Å². The molecule has 0 saturated carbocycles. The van der Waals surface area contributed by atoms with Crippen molar-refractivity contribution in [2.24, 2.45) is 0 Å². The minimum Gasteiger partial charge on any atom is -0.384 e. The van der Waals surface area contributed by atoms with E-state index < -0.39 is 0 Å². The van der Waals surface area contributed by atoms with Gasteiger partial charge in [0.05, 0.1) is 12.0 Å². The third kappa shape index (κ3) is 2.37. The van der Waals surface area contributed by atoms with E-state index in [1.165, 1.54) is 0 Å². The fraction of sp³-hybridized carbons (Fsp3) is 0.250. The van der Waals surface area contributed by atoms with Crippen LogP contribution < -0.4 is 10.6 Å². The van der Waals surface area contributed by atoms with Gasteiger partial charge in [-0.3, -0.25) is 9.78 Å². The smallest absolute Gasteiger partial charge is 0.229 e. The molecule has 1 aliphatic rings. The molecule has 0 saturated heterocycles. The summed E-state index contributed by atoms with van der Waals surface area (Å²) in [5, 5.41) is 6.33. The minimum atomic E-state index is -0.120. The topological polar surface area (TPSA) is 54.0 Å². The predicted molar refractivity (Wildman–Crippen MR) is 78.5 cm³/mol. The Morgan fingerprint density at radius 3 is 3.00 bits per heavy atom. The quantitative estimate of drug-likeness (QED) is 0.898. The van der Waals surface area contributed by atoms with Gasteiger partial charge in [0.1, 0.15) is 0 Å². The second-order valence-electron chi connectivity index (χ2n) is 5.04. The van der Waals surface area contributed by atoms with E-state index in [1.807, 2.05) is 43.3 Å². The van der Waals surface area contributed by atoms with E-state index in [1.54, 1.807) is 12.4 Å². The number of carbonyl (C=O) groups excluding carboxylic acids is 1. The lowest BCUT2D eigenvalue weighted by atomic mass is 10.00. The predicted octanol–water partition coefficient (Wildman–Crippen LogP) is 2.47. The number of rotatable bonds is 3. The molecule has 0 bridgehead atoms. The first kappa shape index (κ1) is 12.7. The number of hydrogen-bond donors (Lipinski definition) is 2. The Morgan fingerprint density at radius 1 is 1.35 bits per heavy atom. The van der Waals surface area contributed by atoms with Crippen LogP contribution in [-0.2, 0) is 4.79 Å². The summed E-state index contributed by atoms with van der Waals surface area (Å²) in [6.07, 6.45) is 3.51. The number of nitrogens with one attached hydrogen (secondary N) is 2. The molecule has 1 aliphatic heterocycles. The zero-order valence-electron chi connectivity index (χ0n) is 11.3. The molecule has 0 radical (unpaired) electrons. The molecule has 1 amide bonds. The summed E-state index contributed by atoms with van der Waals surface area (Å²) < 4.78 is 0. The van der Waals surface area contributed by atoms with Gasteiger partial charge in [0.15, 0.2) is 0 Å². The van der Waals surface area contributed by atoms with E-state index >= 15 is 0 Å². The summed E-state index contributed by atoms with van der Waals surface area (Å²) in [5.74, 6) is -0.0656. The molecule has 4 nitrogen and oxygen atoms in total. The molecule has 102 valence electrons. The molecule has 2 atom stereocenters. The largest absolute Gasteiger partial charge is 0.384 e. The van der Waals surface area contributed by atoms with Gasteiger partial charge in [-0.2, -0.15) is 0 Å². The third-order valence-corrected chi connectivity index (χ3v) is 3.69. The minimum absolute atomic E-state index is 0.0380. The van der Waals surface area contributed by atoms with Crippen molar-refractivity contribution in [3.8, 4) is 0 Å². The fourth-order valence-corrected chi connectivity index (χ4v) is 2.55. The summed E-state index contributed by atoms with van der Waals surface area (Å²) >= 11 is 0. The molecule has 1 aromatic heterocycles. The van der Waals surface area contributed by atoms with Crippen LogP contribution in [0.25, 0.3) is 0 Å². The Bertz CT molecular complexity index is 612. The SMILES string of the molecule is C[C@@H](NC(=O)C1CNc2ccccc21)c1cccnc1. The molecular formula is C16H17N3O. The van der Waals surface area contributed by atoms with Gasteiger partial charge in [-0.15, -0.1) is 0 Å². The molecule has 20 heavy (non-hydrogen) atoms. The summed E-state index contributed by atoms with van der Waals surface area (Å²) in [6.45, 7) is 2.63. The standard InChI is InChI=1S/C16H17N3O/c1-11(12-5-4-8-17-9-12)19-16(20)14-10-18-15-7-3-2-6-13(14)15/h2-9,11,14,18H,10H2,1H3,(H,19,20)/t11-,14?/m1/s1. The normalized spacial score (nSPS) is 17.9. The number of para-hydroxylation sites is 1. The molecule has 2 heterocycles. The zero-order chi connectivity index (χ0) is 13.9. The average Bonchev–Trinajstić information content (AvgIpc) is 2.92.